The largest absolute Gasteiger partial charge is 0.506 e. The first-order valence-corrected chi connectivity index (χ1v) is 9.31. The standard InChI is InChI=1S/C21H19F2N3O3/c1-21(28-2)9-12(10-21)26-5-3-11-7-15(24-25-20(11)26)17-14(19(22)23)8-16-13(18(17)27)4-6-29-16/h3-8,12,19,27H,9-10H2,1-2H3. The Bertz CT molecular complexity index is 1220. The number of ether oxygens (including phenoxy) is 1. The second kappa shape index (κ2) is 6.25. The zero-order valence-corrected chi connectivity index (χ0v) is 15.9. The third kappa shape index (κ3) is 2.70. The Balaban J connectivity index is 1.60. The van der Waals surface area contributed by atoms with Crippen LogP contribution in [-0.2, 0) is 4.74 Å². The molecule has 8 heteroatoms. The molecule has 3 heterocycles. The summed E-state index contributed by atoms with van der Waals surface area (Å²) in [6.45, 7) is 2.07. The van der Waals surface area contributed by atoms with Gasteiger partial charge in [-0.2, -0.15) is 0 Å². The van der Waals surface area contributed by atoms with E-state index in [1.807, 2.05) is 16.8 Å². The van der Waals surface area contributed by atoms with Gasteiger partial charge in [-0.05, 0) is 44.0 Å². The lowest BCUT2D eigenvalue weighted by Gasteiger charge is -2.44. The maximum Gasteiger partial charge on any atom is 0.264 e. The smallest absolute Gasteiger partial charge is 0.264 e. The number of rotatable bonds is 4. The van der Waals surface area contributed by atoms with Gasteiger partial charge in [-0.15, -0.1) is 10.2 Å². The number of phenols is 1. The van der Waals surface area contributed by atoms with Crippen molar-refractivity contribution in [1.29, 1.82) is 0 Å². The summed E-state index contributed by atoms with van der Waals surface area (Å²) in [5.41, 5.74) is 0.584. The van der Waals surface area contributed by atoms with Gasteiger partial charge in [0.05, 0.1) is 28.5 Å². The van der Waals surface area contributed by atoms with Gasteiger partial charge < -0.3 is 18.8 Å². The maximum atomic E-state index is 13.7. The molecule has 0 bridgehead atoms. The van der Waals surface area contributed by atoms with E-state index in [4.69, 9.17) is 9.15 Å². The van der Waals surface area contributed by atoms with Crippen LogP contribution in [0.2, 0.25) is 0 Å². The monoisotopic (exact) mass is 399 g/mol. The van der Waals surface area contributed by atoms with E-state index in [0.29, 0.717) is 11.0 Å². The molecule has 3 aromatic heterocycles. The quantitative estimate of drug-likeness (QED) is 0.509. The Hall–Kier alpha value is -3.00. The van der Waals surface area contributed by atoms with Crippen molar-refractivity contribution in [3.63, 3.8) is 0 Å². The van der Waals surface area contributed by atoms with Gasteiger partial charge in [0.15, 0.2) is 5.65 Å². The molecule has 4 aromatic rings. The molecule has 1 fully saturated rings. The third-order valence-corrected chi connectivity index (χ3v) is 5.94. The van der Waals surface area contributed by atoms with Crippen LogP contribution < -0.4 is 0 Å². The van der Waals surface area contributed by atoms with Gasteiger partial charge in [-0.3, -0.25) is 0 Å². The molecule has 5 rings (SSSR count). The molecular weight excluding hydrogens is 380 g/mol. The molecule has 1 N–H and O–H groups in total. The van der Waals surface area contributed by atoms with Gasteiger partial charge in [0, 0.05) is 30.3 Å². The van der Waals surface area contributed by atoms with Crippen LogP contribution >= 0.6 is 0 Å². The average Bonchev–Trinajstić information content (AvgIpc) is 3.31. The average molecular weight is 399 g/mol. The third-order valence-electron chi connectivity index (χ3n) is 5.94. The summed E-state index contributed by atoms with van der Waals surface area (Å²) in [4.78, 5) is 0. The van der Waals surface area contributed by atoms with E-state index in [0.717, 1.165) is 18.2 Å². The van der Waals surface area contributed by atoms with Crippen LogP contribution in [-0.4, -0.2) is 32.6 Å². The highest BCUT2D eigenvalue weighted by Gasteiger charge is 2.41. The molecule has 150 valence electrons. The van der Waals surface area contributed by atoms with Gasteiger partial charge in [0.1, 0.15) is 11.3 Å². The SMILES string of the molecule is COC1(C)CC(n2ccc3cc(-c4c(C(F)F)cc5occc5c4O)nnc32)C1. The summed E-state index contributed by atoms with van der Waals surface area (Å²) in [6, 6.07) is 6.59. The van der Waals surface area contributed by atoms with E-state index >= 15 is 0 Å². The lowest BCUT2D eigenvalue weighted by atomic mass is 9.77. The van der Waals surface area contributed by atoms with Crippen LogP contribution in [0.3, 0.4) is 0 Å². The highest BCUT2D eigenvalue weighted by atomic mass is 19.3. The number of aromatic nitrogens is 3. The molecule has 1 aromatic carbocycles. The number of furan rings is 1. The number of fused-ring (bicyclic) bond motifs is 2. The predicted octanol–water partition coefficient (Wildman–Crippen LogP) is 5.23. The van der Waals surface area contributed by atoms with Crippen molar-refractivity contribution in [3.05, 3.63) is 42.3 Å². The summed E-state index contributed by atoms with van der Waals surface area (Å²) in [7, 11) is 1.71. The van der Waals surface area contributed by atoms with Crippen LogP contribution in [0.25, 0.3) is 33.3 Å². The van der Waals surface area contributed by atoms with Crippen molar-refractivity contribution in [2.75, 3.05) is 7.11 Å². The fourth-order valence-electron chi connectivity index (χ4n) is 4.23. The van der Waals surface area contributed by atoms with Gasteiger partial charge in [0.25, 0.3) is 6.43 Å². The molecule has 6 nitrogen and oxygen atoms in total. The van der Waals surface area contributed by atoms with E-state index in [-0.39, 0.29) is 39.8 Å². The molecule has 0 radical (unpaired) electrons. The second-order valence-electron chi connectivity index (χ2n) is 7.77. The molecule has 0 spiro atoms. The summed E-state index contributed by atoms with van der Waals surface area (Å²) in [5, 5.41) is 20.2. The Labute approximate surface area is 164 Å². The minimum atomic E-state index is -2.80. The summed E-state index contributed by atoms with van der Waals surface area (Å²) in [5.74, 6) is -0.283. The molecule has 0 aliphatic heterocycles. The molecule has 0 unspecified atom stereocenters. The molecule has 29 heavy (non-hydrogen) atoms. The van der Waals surface area contributed by atoms with E-state index in [9.17, 15) is 13.9 Å². The lowest BCUT2D eigenvalue weighted by molar-refractivity contribution is -0.0840. The van der Waals surface area contributed by atoms with Crippen LogP contribution in [0.4, 0.5) is 8.78 Å². The van der Waals surface area contributed by atoms with Gasteiger partial charge in [0.2, 0.25) is 0 Å². The van der Waals surface area contributed by atoms with E-state index in [1.54, 1.807) is 13.2 Å². The van der Waals surface area contributed by atoms with Gasteiger partial charge >= 0.3 is 0 Å². The normalized spacial score (nSPS) is 21.9. The van der Waals surface area contributed by atoms with Gasteiger partial charge in [-0.25, -0.2) is 8.78 Å². The number of aromatic hydroxyl groups is 1. The Kier molecular flexibility index (Phi) is 3.89. The first kappa shape index (κ1) is 18.1. The van der Waals surface area contributed by atoms with Crippen molar-refractivity contribution in [1.82, 2.24) is 14.8 Å². The van der Waals surface area contributed by atoms with Gasteiger partial charge in [-0.1, -0.05) is 0 Å². The number of hydrogen-bond acceptors (Lipinski definition) is 5. The highest BCUT2D eigenvalue weighted by molar-refractivity contribution is 5.94. The molecule has 1 aliphatic carbocycles. The lowest BCUT2D eigenvalue weighted by Crippen LogP contribution is -2.43. The van der Waals surface area contributed by atoms with Crippen LogP contribution in [0.15, 0.2) is 41.1 Å². The fourth-order valence-corrected chi connectivity index (χ4v) is 4.23. The van der Waals surface area contributed by atoms with Crippen molar-refractivity contribution in [2.45, 2.75) is 37.8 Å². The minimum Gasteiger partial charge on any atom is -0.506 e. The van der Waals surface area contributed by atoms with E-state index in [1.165, 1.54) is 18.4 Å². The van der Waals surface area contributed by atoms with Crippen molar-refractivity contribution < 1.29 is 23.0 Å². The van der Waals surface area contributed by atoms with Crippen molar-refractivity contribution in [2.24, 2.45) is 0 Å². The maximum absolute atomic E-state index is 13.7. The molecule has 1 aliphatic rings. The number of benzene rings is 1. The van der Waals surface area contributed by atoms with E-state index < -0.39 is 6.43 Å². The van der Waals surface area contributed by atoms with Crippen molar-refractivity contribution in [3.8, 4) is 17.0 Å². The predicted molar refractivity (Wildman–Crippen MR) is 103 cm³/mol. The number of methoxy groups -OCH3 is 1. The second-order valence-corrected chi connectivity index (χ2v) is 7.77. The first-order valence-electron chi connectivity index (χ1n) is 9.31. The Morgan fingerprint density at radius 1 is 1.28 bits per heavy atom. The zero-order chi connectivity index (χ0) is 20.3. The molecule has 0 amide bonds. The summed E-state index contributed by atoms with van der Waals surface area (Å²) < 4.78 is 40.1. The number of hydrogen-bond donors (Lipinski definition) is 1. The number of alkyl halides is 2. The number of halogens is 2. The zero-order valence-electron chi connectivity index (χ0n) is 15.9. The number of nitrogens with zero attached hydrogens (tertiary/aromatic N) is 3. The number of phenolic OH excluding ortho intramolecular Hbond substituents is 1. The fraction of sp³-hybridized carbons (Fsp3) is 0.333. The molecular formula is C21H19F2N3O3. The molecule has 0 atom stereocenters. The summed E-state index contributed by atoms with van der Waals surface area (Å²) in [6.07, 6.45) is 2.21. The van der Waals surface area contributed by atoms with Crippen LogP contribution in [0, 0.1) is 0 Å². The van der Waals surface area contributed by atoms with Crippen LogP contribution in [0.1, 0.15) is 37.8 Å². The van der Waals surface area contributed by atoms with E-state index in [2.05, 4.69) is 17.1 Å². The Morgan fingerprint density at radius 3 is 2.79 bits per heavy atom. The van der Waals surface area contributed by atoms with Crippen LogP contribution in [0.5, 0.6) is 5.75 Å². The van der Waals surface area contributed by atoms with Crippen molar-refractivity contribution >= 4 is 22.0 Å². The topological polar surface area (TPSA) is 73.3 Å². The molecule has 1 saturated carbocycles. The minimum absolute atomic E-state index is 0.0216. The molecule has 0 saturated heterocycles. The summed E-state index contributed by atoms with van der Waals surface area (Å²) >= 11 is 0. The Morgan fingerprint density at radius 2 is 2.07 bits per heavy atom. The highest BCUT2D eigenvalue weighted by Crippen LogP contribution is 2.45. The first-order chi connectivity index (χ1) is 13.9.